The first-order chi connectivity index (χ1) is 7.63. The average molecular weight is 285 g/mol. The maximum atomic E-state index is 5.78. The Morgan fingerprint density at radius 3 is 2.44 bits per heavy atom. The summed E-state index contributed by atoms with van der Waals surface area (Å²) in [4.78, 5) is 2.34. The van der Waals surface area contributed by atoms with E-state index >= 15 is 0 Å². The van der Waals surface area contributed by atoms with Crippen LogP contribution in [0.1, 0.15) is 32.3 Å². The first kappa shape index (κ1) is 13.5. The summed E-state index contributed by atoms with van der Waals surface area (Å²) in [6.45, 7) is 5.04. The van der Waals surface area contributed by atoms with Crippen LogP contribution in [0.2, 0.25) is 0 Å². The third-order valence-electron chi connectivity index (χ3n) is 3.14. The predicted molar refractivity (Wildman–Crippen MR) is 74.8 cm³/mol. The van der Waals surface area contributed by atoms with Gasteiger partial charge in [0.25, 0.3) is 0 Å². The normalized spacial score (nSPS) is 10.9. The number of nitrogens with zero attached hydrogens (tertiary/aromatic N) is 1. The van der Waals surface area contributed by atoms with E-state index in [-0.39, 0.29) is 0 Å². The third-order valence-corrected chi connectivity index (χ3v) is 3.63. The van der Waals surface area contributed by atoms with Gasteiger partial charge in [0.1, 0.15) is 0 Å². The lowest BCUT2D eigenvalue weighted by molar-refractivity contribution is 0.590. The van der Waals surface area contributed by atoms with Crippen molar-refractivity contribution in [2.24, 2.45) is 5.73 Å². The van der Waals surface area contributed by atoms with Crippen LogP contribution in [0.25, 0.3) is 0 Å². The van der Waals surface area contributed by atoms with Crippen molar-refractivity contribution < 1.29 is 0 Å². The Kier molecular flexibility index (Phi) is 5.29. The largest absolute Gasteiger partial charge is 0.371 e. The number of rotatable bonds is 5. The molecule has 3 heteroatoms. The molecule has 0 aliphatic rings. The SMILES string of the molecule is CCC(CC)N(C)c1cc(Br)ccc1CN. The minimum absolute atomic E-state index is 0.583. The zero-order valence-corrected chi connectivity index (χ0v) is 11.9. The van der Waals surface area contributed by atoms with Crippen molar-refractivity contribution in [3.63, 3.8) is 0 Å². The number of nitrogens with two attached hydrogens (primary N) is 1. The molecule has 0 amide bonds. The maximum absolute atomic E-state index is 5.78. The fraction of sp³-hybridized carbons (Fsp3) is 0.538. The highest BCUT2D eigenvalue weighted by Crippen LogP contribution is 2.26. The Morgan fingerprint density at radius 1 is 1.31 bits per heavy atom. The highest BCUT2D eigenvalue weighted by molar-refractivity contribution is 9.10. The van der Waals surface area contributed by atoms with Crippen molar-refractivity contribution in [2.45, 2.75) is 39.3 Å². The Balaban J connectivity index is 3.04. The van der Waals surface area contributed by atoms with Gasteiger partial charge in [-0.15, -0.1) is 0 Å². The predicted octanol–water partition coefficient (Wildman–Crippen LogP) is 3.53. The summed E-state index contributed by atoms with van der Waals surface area (Å²) < 4.78 is 1.11. The van der Waals surface area contributed by atoms with E-state index in [0.717, 1.165) is 17.3 Å². The summed E-state index contributed by atoms with van der Waals surface area (Å²) in [5.41, 5.74) is 8.23. The molecule has 0 saturated carbocycles. The molecule has 0 aliphatic heterocycles. The Bertz CT molecular complexity index is 335. The van der Waals surface area contributed by atoms with Crippen LogP contribution in [-0.4, -0.2) is 13.1 Å². The van der Waals surface area contributed by atoms with E-state index in [1.54, 1.807) is 0 Å². The van der Waals surface area contributed by atoms with Crippen LogP contribution in [0, 0.1) is 0 Å². The summed E-state index contributed by atoms with van der Waals surface area (Å²) in [5.74, 6) is 0. The Hall–Kier alpha value is -0.540. The fourth-order valence-electron chi connectivity index (χ4n) is 2.07. The van der Waals surface area contributed by atoms with Crippen molar-refractivity contribution in [1.29, 1.82) is 0 Å². The molecule has 1 rings (SSSR count). The molecule has 0 unspecified atom stereocenters. The van der Waals surface area contributed by atoms with Crippen LogP contribution in [0.5, 0.6) is 0 Å². The molecule has 90 valence electrons. The van der Waals surface area contributed by atoms with E-state index in [9.17, 15) is 0 Å². The minimum atomic E-state index is 0.583. The van der Waals surface area contributed by atoms with Gasteiger partial charge in [-0.2, -0.15) is 0 Å². The van der Waals surface area contributed by atoms with Gasteiger partial charge in [0, 0.05) is 29.8 Å². The number of hydrogen-bond acceptors (Lipinski definition) is 2. The molecule has 0 aromatic heterocycles. The van der Waals surface area contributed by atoms with Crippen molar-refractivity contribution in [1.82, 2.24) is 0 Å². The number of halogens is 1. The number of hydrogen-bond donors (Lipinski definition) is 1. The molecule has 1 aromatic carbocycles. The molecule has 0 radical (unpaired) electrons. The quantitative estimate of drug-likeness (QED) is 0.896. The lowest BCUT2D eigenvalue weighted by atomic mass is 10.1. The summed E-state index contributed by atoms with van der Waals surface area (Å²) in [7, 11) is 2.15. The minimum Gasteiger partial charge on any atom is -0.371 e. The van der Waals surface area contributed by atoms with E-state index in [1.165, 1.54) is 11.3 Å². The molecule has 0 bridgehead atoms. The molecule has 0 aliphatic carbocycles. The van der Waals surface area contributed by atoms with Gasteiger partial charge in [0.2, 0.25) is 0 Å². The van der Waals surface area contributed by atoms with E-state index in [0.29, 0.717) is 12.6 Å². The zero-order valence-electron chi connectivity index (χ0n) is 10.3. The summed E-state index contributed by atoms with van der Waals surface area (Å²) in [6.07, 6.45) is 2.31. The summed E-state index contributed by atoms with van der Waals surface area (Å²) in [6, 6.07) is 6.88. The second-order valence-electron chi connectivity index (χ2n) is 4.06. The van der Waals surface area contributed by atoms with E-state index in [1.807, 2.05) is 6.07 Å². The summed E-state index contributed by atoms with van der Waals surface area (Å²) >= 11 is 3.52. The van der Waals surface area contributed by atoms with Gasteiger partial charge >= 0.3 is 0 Å². The molecule has 2 N–H and O–H groups in total. The molecule has 1 aromatic rings. The van der Waals surface area contributed by atoms with Crippen LogP contribution in [-0.2, 0) is 6.54 Å². The lowest BCUT2D eigenvalue weighted by Gasteiger charge is -2.30. The standard InChI is InChI=1S/C13H21BrN2/c1-4-12(5-2)16(3)13-8-11(14)7-6-10(13)9-15/h6-8,12H,4-5,9,15H2,1-3H3. The highest BCUT2D eigenvalue weighted by Gasteiger charge is 2.14. The highest BCUT2D eigenvalue weighted by atomic mass is 79.9. The van der Waals surface area contributed by atoms with Gasteiger partial charge in [-0.1, -0.05) is 35.8 Å². The maximum Gasteiger partial charge on any atom is 0.0422 e. The third kappa shape index (κ3) is 2.98. The van der Waals surface area contributed by atoms with Crippen LogP contribution in [0.15, 0.2) is 22.7 Å². The Labute approximate surface area is 107 Å². The monoisotopic (exact) mass is 284 g/mol. The molecule has 2 nitrogen and oxygen atoms in total. The summed E-state index contributed by atoms with van der Waals surface area (Å²) in [5, 5.41) is 0. The average Bonchev–Trinajstić information content (AvgIpc) is 2.30. The van der Waals surface area contributed by atoms with Crippen molar-refractivity contribution >= 4 is 21.6 Å². The van der Waals surface area contributed by atoms with Gasteiger partial charge in [-0.3, -0.25) is 0 Å². The molecule has 0 saturated heterocycles. The molecule has 0 spiro atoms. The Morgan fingerprint density at radius 2 is 1.94 bits per heavy atom. The van der Waals surface area contributed by atoms with E-state index in [2.05, 4.69) is 53.9 Å². The van der Waals surface area contributed by atoms with Crippen molar-refractivity contribution in [2.75, 3.05) is 11.9 Å². The number of anilines is 1. The molecular formula is C13H21BrN2. The van der Waals surface area contributed by atoms with Gasteiger partial charge in [0.15, 0.2) is 0 Å². The molecule has 0 heterocycles. The van der Waals surface area contributed by atoms with Gasteiger partial charge in [0.05, 0.1) is 0 Å². The van der Waals surface area contributed by atoms with Crippen LogP contribution < -0.4 is 10.6 Å². The number of benzene rings is 1. The molecule has 0 fully saturated rings. The molecule has 0 atom stereocenters. The molecule has 16 heavy (non-hydrogen) atoms. The first-order valence-electron chi connectivity index (χ1n) is 5.85. The van der Waals surface area contributed by atoms with Crippen molar-refractivity contribution in [3.8, 4) is 0 Å². The van der Waals surface area contributed by atoms with Crippen LogP contribution in [0.4, 0.5) is 5.69 Å². The molecular weight excluding hydrogens is 264 g/mol. The smallest absolute Gasteiger partial charge is 0.0422 e. The lowest BCUT2D eigenvalue weighted by Crippen LogP contribution is -2.31. The van der Waals surface area contributed by atoms with Crippen molar-refractivity contribution in [3.05, 3.63) is 28.2 Å². The fourth-order valence-corrected chi connectivity index (χ4v) is 2.42. The van der Waals surface area contributed by atoms with Gasteiger partial charge < -0.3 is 10.6 Å². The first-order valence-corrected chi connectivity index (χ1v) is 6.64. The zero-order chi connectivity index (χ0) is 12.1. The van der Waals surface area contributed by atoms with Gasteiger partial charge in [-0.25, -0.2) is 0 Å². The topological polar surface area (TPSA) is 29.3 Å². The van der Waals surface area contributed by atoms with E-state index in [4.69, 9.17) is 5.73 Å². The van der Waals surface area contributed by atoms with E-state index < -0.39 is 0 Å². The second-order valence-corrected chi connectivity index (χ2v) is 4.97. The van der Waals surface area contributed by atoms with Gasteiger partial charge in [-0.05, 0) is 30.5 Å². The van der Waals surface area contributed by atoms with Crippen LogP contribution in [0.3, 0.4) is 0 Å². The second kappa shape index (κ2) is 6.26. The van der Waals surface area contributed by atoms with Crippen LogP contribution >= 0.6 is 15.9 Å².